The first-order valence-corrected chi connectivity index (χ1v) is 8.63. The zero-order chi connectivity index (χ0) is 15.4. The predicted octanol–water partition coefficient (Wildman–Crippen LogP) is 2.72. The van der Waals surface area contributed by atoms with Crippen LogP contribution in [0.25, 0.3) is 0 Å². The highest BCUT2D eigenvalue weighted by Gasteiger charge is 2.41. The van der Waals surface area contributed by atoms with Gasteiger partial charge >= 0.3 is 0 Å². The molecule has 21 heavy (non-hydrogen) atoms. The van der Waals surface area contributed by atoms with E-state index in [-0.39, 0.29) is 23.9 Å². The summed E-state index contributed by atoms with van der Waals surface area (Å²) in [5, 5.41) is 2.95. The average molecular weight is 294 g/mol. The zero-order valence-electron chi connectivity index (χ0n) is 13.7. The van der Waals surface area contributed by atoms with Crippen molar-refractivity contribution in [2.45, 2.75) is 77.8 Å². The third-order valence-corrected chi connectivity index (χ3v) is 4.78. The summed E-state index contributed by atoms with van der Waals surface area (Å²) >= 11 is 0. The van der Waals surface area contributed by atoms with E-state index in [4.69, 9.17) is 0 Å². The molecule has 1 aliphatic carbocycles. The van der Waals surface area contributed by atoms with Gasteiger partial charge in [0.1, 0.15) is 12.1 Å². The van der Waals surface area contributed by atoms with E-state index >= 15 is 0 Å². The van der Waals surface area contributed by atoms with Crippen LogP contribution in [0.4, 0.5) is 0 Å². The molecule has 0 aromatic rings. The molecule has 1 heterocycles. The number of carbonyl (C=O) groups is 2. The van der Waals surface area contributed by atoms with Crippen LogP contribution in [-0.4, -0.2) is 35.3 Å². The Morgan fingerprint density at radius 2 is 1.90 bits per heavy atom. The summed E-state index contributed by atoms with van der Waals surface area (Å²) in [6, 6.07) is -0.557. The molecule has 1 saturated heterocycles. The number of piperazine rings is 1. The van der Waals surface area contributed by atoms with E-state index < -0.39 is 0 Å². The Labute approximate surface area is 128 Å². The van der Waals surface area contributed by atoms with E-state index in [1.807, 2.05) is 4.90 Å². The van der Waals surface area contributed by atoms with Crippen molar-refractivity contribution in [3.05, 3.63) is 0 Å². The van der Waals surface area contributed by atoms with Crippen LogP contribution in [0.2, 0.25) is 0 Å². The molecule has 2 rings (SSSR count). The van der Waals surface area contributed by atoms with Crippen LogP contribution in [0.1, 0.15) is 65.7 Å². The molecule has 2 fully saturated rings. The molecule has 2 amide bonds. The molecular formula is C17H30N2O2. The monoisotopic (exact) mass is 294 g/mol. The second-order valence-electron chi connectivity index (χ2n) is 7.14. The summed E-state index contributed by atoms with van der Waals surface area (Å²) in [5.74, 6) is 1.22. The number of carbonyl (C=O) groups excluding carboxylic acids is 2. The minimum absolute atomic E-state index is 0.0553. The Morgan fingerprint density at radius 3 is 2.48 bits per heavy atom. The first-order chi connectivity index (χ1) is 10.0. The molecule has 1 aliphatic heterocycles. The van der Waals surface area contributed by atoms with Crippen molar-refractivity contribution in [2.75, 3.05) is 6.54 Å². The zero-order valence-corrected chi connectivity index (χ0v) is 13.7. The Kier molecular flexibility index (Phi) is 5.65. The molecule has 0 bridgehead atoms. The third kappa shape index (κ3) is 3.98. The van der Waals surface area contributed by atoms with Crippen LogP contribution in [0.3, 0.4) is 0 Å². The third-order valence-electron chi connectivity index (χ3n) is 4.78. The minimum atomic E-state index is -0.299. The fourth-order valence-corrected chi connectivity index (χ4v) is 3.68. The second-order valence-corrected chi connectivity index (χ2v) is 7.14. The summed E-state index contributed by atoms with van der Waals surface area (Å²) in [7, 11) is 0. The molecule has 4 nitrogen and oxygen atoms in total. The van der Waals surface area contributed by atoms with Gasteiger partial charge in [-0.15, -0.1) is 0 Å². The lowest BCUT2D eigenvalue weighted by Gasteiger charge is -2.41. The van der Waals surface area contributed by atoms with Gasteiger partial charge in [0.2, 0.25) is 11.8 Å². The molecule has 1 saturated carbocycles. The van der Waals surface area contributed by atoms with Gasteiger partial charge in [-0.2, -0.15) is 0 Å². The number of nitrogens with zero attached hydrogens (tertiary/aromatic N) is 1. The van der Waals surface area contributed by atoms with Crippen LogP contribution in [-0.2, 0) is 9.59 Å². The Hall–Kier alpha value is -1.06. The second kappa shape index (κ2) is 7.28. The van der Waals surface area contributed by atoms with Crippen LogP contribution < -0.4 is 5.32 Å². The minimum Gasteiger partial charge on any atom is -0.343 e. The van der Waals surface area contributed by atoms with E-state index in [1.165, 1.54) is 25.7 Å². The highest BCUT2D eigenvalue weighted by Crippen LogP contribution is 2.28. The largest absolute Gasteiger partial charge is 0.343 e. The maximum absolute atomic E-state index is 12.8. The Morgan fingerprint density at radius 1 is 1.24 bits per heavy atom. The maximum Gasteiger partial charge on any atom is 0.245 e. The number of rotatable bonds is 6. The summed E-state index contributed by atoms with van der Waals surface area (Å²) in [6.07, 6.45) is 7.39. The first-order valence-electron chi connectivity index (χ1n) is 8.63. The molecule has 0 spiro atoms. The maximum atomic E-state index is 12.8. The fourth-order valence-electron chi connectivity index (χ4n) is 3.68. The normalized spacial score (nSPS) is 27.5. The van der Waals surface area contributed by atoms with Crippen molar-refractivity contribution >= 4 is 11.8 Å². The van der Waals surface area contributed by atoms with Crippen LogP contribution >= 0.6 is 0 Å². The van der Waals surface area contributed by atoms with Gasteiger partial charge in [0.05, 0.1) is 0 Å². The molecule has 1 N–H and O–H groups in total. The van der Waals surface area contributed by atoms with Gasteiger partial charge in [-0.25, -0.2) is 0 Å². The summed E-state index contributed by atoms with van der Waals surface area (Å²) < 4.78 is 0. The van der Waals surface area contributed by atoms with E-state index in [1.54, 1.807) is 0 Å². The van der Waals surface area contributed by atoms with Gasteiger partial charge in [0.25, 0.3) is 0 Å². The lowest BCUT2D eigenvalue weighted by molar-refractivity contribution is -0.150. The van der Waals surface area contributed by atoms with Crippen molar-refractivity contribution in [3.8, 4) is 0 Å². The fraction of sp³-hybridized carbons (Fsp3) is 0.882. The van der Waals surface area contributed by atoms with Crippen molar-refractivity contribution in [3.63, 3.8) is 0 Å². The molecule has 2 unspecified atom stereocenters. The molecule has 0 aromatic heterocycles. The van der Waals surface area contributed by atoms with Gasteiger partial charge in [0, 0.05) is 6.54 Å². The first kappa shape index (κ1) is 16.3. The average Bonchev–Trinajstić information content (AvgIpc) is 2.92. The molecule has 120 valence electrons. The summed E-state index contributed by atoms with van der Waals surface area (Å²) in [6.45, 7) is 7.07. The lowest BCUT2D eigenvalue weighted by atomic mass is 9.94. The number of nitrogens with one attached hydrogen (secondary N) is 1. The molecule has 0 radical (unpaired) electrons. The quantitative estimate of drug-likeness (QED) is 0.819. The molecule has 2 aliphatic rings. The molecule has 2 atom stereocenters. The van der Waals surface area contributed by atoms with Gasteiger partial charge in [-0.3, -0.25) is 9.59 Å². The summed E-state index contributed by atoms with van der Waals surface area (Å²) in [5.41, 5.74) is 0. The van der Waals surface area contributed by atoms with Crippen molar-refractivity contribution < 1.29 is 9.59 Å². The van der Waals surface area contributed by atoms with Gasteiger partial charge < -0.3 is 10.2 Å². The van der Waals surface area contributed by atoms with Crippen molar-refractivity contribution in [1.29, 1.82) is 0 Å². The Balaban J connectivity index is 2.12. The molecule has 0 aromatic carbocycles. The van der Waals surface area contributed by atoms with Crippen LogP contribution in [0.5, 0.6) is 0 Å². The summed E-state index contributed by atoms with van der Waals surface area (Å²) in [4.78, 5) is 27.1. The SMILES string of the molecule is CCCC1NC(=O)C(CC(C)C)N(CC2CCCC2)C1=O. The van der Waals surface area contributed by atoms with E-state index in [0.717, 1.165) is 25.8 Å². The topological polar surface area (TPSA) is 49.4 Å². The highest BCUT2D eigenvalue weighted by atomic mass is 16.2. The number of hydrogen-bond donors (Lipinski definition) is 1. The predicted molar refractivity (Wildman–Crippen MR) is 83.8 cm³/mol. The van der Waals surface area contributed by atoms with Crippen molar-refractivity contribution in [2.24, 2.45) is 11.8 Å². The number of hydrogen-bond acceptors (Lipinski definition) is 2. The smallest absolute Gasteiger partial charge is 0.245 e. The molecule has 4 heteroatoms. The van der Waals surface area contributed by atoms with E-state index in [2.05, 4.69) is 26.1 Å². The van der Waals surface area contributed by atoms with Crippen LogP contribution in [0.15, 0.2) is 0 Å². The van der Waals surface area contributed by atoms with Gasteiger partial charge in [0.15, 0.2) is 0 Å². The van der Waals surface area contributed by atoms with E-state index in [9.17, 15) is 9.59 Å². The Bertz CT molecular complexity index is 375. The van der Waals surface area contributed by atoms with Crippen molar-refractivity contribution in [1.82, 2.24) is 10.2 Å². The number of amides is 2. The van der Waals surface area contributed by atoms with Crippen LogP contribution in [0, 0.1) is 11.8 Å². The standard InChI is InChI=1S/C17H30N2O2/c1-4-7-14-17(21)19(11-13-8-5-6-9-13)15(10-12(2)3)16(20)18-14/h12-15H,4-11H2,1-3H3,(H,18,20). The lowest BCUT2D eigenvalue weighted by Crippen LogP contribution is -2.64. The van der Waals surface area contributed by atoms with E-state index in [0.29, 0.717) is 11.8 Å². The molecular weight excluding hydrogens is 264 g/mol. The van der Waals surface area contributed by atoms with Gasteiger partial charge in [-0.1, -0.05) is 40.0 Å². The van der Waals surface area contributed by atoms with Gasteiger partial charge in [-0.05, 0) is 37.5 Å². The highest BCUT2D eigenvalue weighted by molar-refractivity contribution is 5.96.